The highest BCUT2D eigenvalue weighted by Gasteiger charge is 2.49. The Kier molecular flexibility index (Phi) is 7.69. The molecule has 2 aliphatic carbocycles. The number of halogens is 4. The van der Waals surface area contributed by atoms with Crippen molar-refractivity contribution in [2.24, 2.45) is 13.0 Å². The normalized spacial score (nSPS) is 22.3. The molecule has 0 radical (unpaired) electrons. The van der Waals surface area contributed by atoms with E-state index in [9.17, 15) is 22.8 Å². The highest BCUT2D eigenvalue weighted by Crippen LogP contribution is 2.52. The number of ether oxygens (including phenoxy) is 1. The van der Waals surface area contributed by atoms with Crippen LogP contribution >= 0.6 is 11.6 Å². The van der Waals surface area contributed by atoms with E-state index < -0.39 is 40.3 Å². The number of carbonyl (C=O) groups excluding carboxylic acids is 2. The molecule has 3 aromatic rings. The van der Waals surface area contributed by atoms with Gasteiger partial charge in [-0.15, -0.1) is 10.2 Å². The largest absolute Gasteiger partial charge is 0.444 e. The number of fused-ring (bicyclic) bond motifs is 1. The Morgan fingerprint density at radius 3 is 2.39 bits per heavy atom. The van der Waals surface area contributed by atoms with Crippen LogP contribution in [0.4, 0.5) is 23.8 Å². The molecule has 6 rings (SSSR count). The van der Waals surface area contributed by atoms with Crippen molar-refractivity contribution in [2.75, 3.05) is 4.90 Å². The number of hydrogen-bond acceptors (Lipinski definition) is 6. The van der Waals surface area contributed by atoms with Crippen LogP contribution < -0.4 is 4.90 Å². The summed E-state index contributed by atoms with van der Waals surface area (Å²) in [6.45, 7) is 8.81. The van der Waals surface area contributed by atoms with Gasteiger partial charge in [-0.1, -0.05) is 18.5 Å². The molecule has 1 aromatic carbocycles. The van der Waals surface area contributed by atoms with Gasteiger partial charge in [-0.2, -0.15) is 13.2 Å². The molecule has 0 N–H and O–H groups in total. The molecule has 3 heterocycles. The molecule has 13 heteroatoms. The number of rotatable bonds is 6. The Bertz CT molecular complexity index is 1710. The summed E-state index contributed by atoms with van der Waals surface area (Å²) in [5.41, 5.74) is -2.01. The van der Waals surface area contributed by atoms with E-state index in [0.717, 1.165) is 36.7 Å². The zero-order valence-electron chi connectivity index (χ0n) is 26.8. The Balaban J connectivity index is 1.38. The van der Waals surface area contributed by atoms with Crippen LogP contribution in [-0.2, 0) is 36.5 Å². The second-order valence-electron chi connectivity index (χ2n) is 14.4. The third-order valence-electron chi connectivity index (χ3n) is 9.59. The van der Waals surface area contributed by atoms with Crippen molar-refractivity contribution in [3.05, 3.63) is 69.4 Å². The van der Waals surface area contributed by atoms with Gasteiger partial charge in [0.25, 0.3) is 5.91 Å². The molecule has 1 aliphatic heterocycles. The van der Waals surface area contributed by atoms with Gasteiger partial charge in [0.05, 0.1) is 17.5 Å². The molecule has 246 valence electrons. The number of benzene rings is 1. The summed E-state index contributed by atoms with van der Waals surface area (Å²) in [4.78, 5) is 34.4. The predicted octanol–water partition coefficient (Wildman–Crippen LogP) is 7.44. The van der Waals surface area contributed by atoms with E-state index in [4.69, 9.17) is 16.3 Å². The van der Waals surface area contributed by atoms with E-state index in [-0.39, 0.29) is 40.8 Å². The number of aryl methyl sites for hydroxylation is 1. The summed E-state index contributed by atoms with van der Waals surface area (Å²) in [6.07, 6.45) is 0.111. The first kappa shape index (κ1) is 32.3. The van der Waals surface area contributed by atoms with Gasteiger partial charge in [0.2, 0.25) is 0 Å². The molecular formula is C33H38ClF3N6O3. The lowest BCUT2D eigenvalue weighted by Gasteiger charge is -2.47. The smallest absolute Gasteiger partial charge is 0.416 e. The summed E-state index contributed by atoms with van der Waals surface area (Å²) in [7, 11) is 1.86. The van der Waals surface area contributed by atoms with Crippen molar-refractivity contribution in [2.45, 2.75) is 103 Å². The van der Waals surface area contributed by atoms with Crippen LogP contribution in [0.1, 0.15) is 105 Å². The third-order valence-corrected chi connectivity index (χ3v) is 9.78. The monoisotopic (exact) mass is 658 g/mol. The first-order chi connectivity index (χ1) is 21.4. The van der Waals surface area contributed by atoms with E-state index in [2.05, 4.69) is 22.1 Å². The Morgan fingerprint density at radius 2 is 1.85 bits per heavy atom. The fourth-order valence-corrected chi connectivity index (χ4v) is 7.43. The average molecular weight is 659 g/mol. The lowest BCUT2D eigenvalue weighted by atomic mass is 9.58. The molecule has 2 fully saturated rings. The number of aromatic nitrogens is 4. The maximum absolute atomic E-state index is 14.6. The molecule has 0 saturated heterocycles. The van der Waals surface area contributed by atoms with Crippen molar-refractivity contribution in [1.82, 2.24) is 24.6 Å². The molecular weight excluding hydrogens is 621 g/mol. The van der Waals surface area contributed by atoms with Gasteiger partial charge >= 0.3 is 12.3 Å². The number of alkyl halides is 3. The number of anilines is 1. The van der Waals surface area contributed by atoms with Crippen LogP contribution in [0.15, 0.2) is 30.6 Å². The lowest BCUT2D eigenvalue weighted by Crippen LogP contribution is -2.54. The molecule has 9 nitrogen and oxygen atoms in total. The van der Waals surface area contributed by atoms with Gasteiger partial charge in [-0.05, 0) is 107 Å². The Hall–Kier alpha value is -3.67. The zero-order valence-corrected chi connectivity index (χ0v) is 27.6. The molecule has 0 bridgehead atoms. The number of carbonyl (C=O) groups is 2. The summed E-state index contributed by atoms with van der Waals surface area (Å²) < 4.78 is 51.3. The van der Waals surface area contributed by atoms with E-state index in [1.165, 1.54) is 15.9 Å². The summed E-state index contributed by atoms with van der Waals surface area (Å²) in [6, 6.07) is 5.97. The fourth-order valence-electron chi connectivity index (χ4n) is 7.22. The highest BCUT2D eigenvalue weighted by molar-refractivity contribution is 6.29. The maximum atomic E-state index is 14.6. The van der Waals surface area contributed by atoms with Crippen molar-refractivity contribution >= 4 is 29.4 Å². The molecule has 2 aromatic heterocycles. The molecule has 2 amide bonds. The zero-order chi connectivity index (χ0) is 33.4. The Labute approximate surface area is 271 Å². The van der Waals surface area contributed by atoms with Crippen LogP contribution in [0.25, 0.3) is 0 Å². The molecule has 3 aliphatic rings. The molecule has 0 unspecified atom stereocenters. The number of amides is 2. The Morgan fingerprint density at radius 1 is 1.15 bits per heavy atom. The summed E-state index contributed by atoms with van der Waals surface area (Å²) in [5.74, 6) is 0.696. The number of hydrogen-bond donors (Lipinski definition) is 0. The van der Waals surface area contributed by atoms with Gasteiger partial charge < -0.3 is 9.30 Å². The van der Waals surface area contributed by atoms with E-state index in [1.807, 2.05) is 18.5 Å². The molecule has 0 atom stereocenters. The van der Waals surface area contributed by atoms with Crippen LogP contribution in [0.5, 0.6) is 0 Å². The van der Waals surface area contributed by atoms with Gasteiger partial charge in [0.15, 0.2) is 0 Å². The number of nitrogens with zero attached hydrogens (tertiary/aromatic N) is 6. The summed E-state index contributed by atoms with van der Waals surface area (Å²) in [5, 5.41) is 8.54. The first-order valence-electron chi connectivity index (χ1n) is 15.5. The molecule has 0 spiro atoms. The standard InChI is InChI=1S/C33H38ClF3N6O3/c1-19-14-32(15-19,28-40-38-18-41(28)6)21-12-25(34)39-26(13-21)42-17-23-22(27(42)44)10-20(11-24(23)33(35,36)37)16-43(31(5)8-7-9-31)29(45)46-30(2,3)4/h10-13,18-19H,7-9,14-17H2,1-6H3. The SMILES string of the molecule is CC1CC(c2cc(Cl)nc(N3Cc4c(cc(CN(C(=O)OC(C)(C)C)C5(C)CCC5)cc4C(F)(F)F)C3=O)c2)(c2nncn2C)C1. The second-order valence-corrected chi connectivity index (χ2v) is 14.8. The van der Waals surface area contributed by atoms with Gasteiger partial charge in [-0.3, -0.25) is 14.6 Å². The van der Waals surface area contributed by atoms with Crippen molar-refractivity contribution in [1.29, 1.82) is 0 Å². The third kappa shape index (κ3) is 5.62. The van der Waals surface area contributed by atoms with Crippen LogP contribution in [0.3, 0.4) is 0 Å². The van der Waals surface area contributed by atoms with Crippen LogP contribution in [0, 0.1) is 5.92 Å². The second kappa shape index (κ2) is 11.0. The minimum Gasteiger partial charge on any atom is -0.444 e. The topological polar surface area (TPSA) is 93.4 Å². The van der Waals surface area contributed by atoms with Crippen LogP contribution in [0.2, 0.25) is 5.15 Å². The fraction of sp³-hybridized carbons (Fsp3) is 0.545. The van der Waals surface area contributed by atoms with E-state index in [1.54, 1.807) is 39.2 Å². The predicted molar refractivity (Wildman–Crippen MR) is 165 cm³/mol. The summed E-state index contributed by atoms with van der Waals surface area (Å²) >= 11 is 6.51. The average Bonchev–Trinajstić information content (AvgIpc) is 3.49. The van der Waals surface area contributed by atoms with Crippen LogP contribution in [-0.4, -0.2) is 47.8 Å². The lowest BCUT2D eigenvalue weighted by molar-refractivity contribution is -0.138. The van der Waals surface area contributed by atoms with Crippen molar-refractivity contribution in [3.8, 4) is 0 Å². The maximum Gasteiger partial charge on any atom is 0.416 e. The van der Waals surface area contributed by atoms with Gasteiger partial charge in [-0.25, -0.2) is 9.78 Å². The minimum atomic E-state index is -4.74. The molecule has 2 saturated carbocycles. The number of pyridine rings is 1. The van der Waals surface area contributed by atoms with Gasteiger partial charge in [0, 0.05) is 24.7 Å². The first-order valence-corrected chi connectivity index (χ1v) is 15.9. The van der Waals surface area contributed by atoms with Crippen molar-refractivity contribution < 1.29 is 27.5 Å². The van der Waals surface area contributed by atoms with Crippen molar-refractivity contribution in [3.63, 3.8) is 0 Å². The van der Waals surface area contributed by atoms with Gasteiger partial charge in [0.1, 0.15) is 28.7 Å². The highest BCUT2D eigenvalue weighted by atomic mass is 35.5. The van der Waals surface area contributed by atoms with E-state index in [0.29, 0.717) is 18.8 Å². The molecule has 46 heavy (non-hydrogen) atoms. The van der Waals surface area contributed by atoms with E-state index >= 15 is 0 Å². The quantitative estimate of drug-likeness (QED) is 0.256. The minimum absolute atomic E-state index is 0.0728.